The molecule has 1 aliphatic heterocycles. The van der Waals surface area contributed by atoms with E-state index < -0.39 is 0 Å². The van der Waals surface area contributed by atoms with Gasteiger partial charge in [-0.2, -0.15) is 5.10 Å². The molecule has 0 aliphatic carbocycles. The fraction of sp³-hybridized carbons (Fsp3) is 0.333. The molecular weight excluding hydrogens is 257 g/mol. The predicted molar refractivity (Wildman–Crippen MR) is 73.7 cm³/mol. The van der Waals surface area contributed by atoms with Gasteiger partial charge in [-0.15, -0.1) is 0 Å². The molecule has 0 spiro atoms. The fourth-order valence-corrected chi connectivity index (χ4v) is 2.54. The second kappa shape index (κ2) is 4.44. The highest BCUT2D eigenvalue weighted by molar-refractivity contribution is 5.94. The third kappa shape index (κ3) is 2.19. The van der Waals surface area contributed by atoms with Crippen LogP contribution in [0.5, 0.6) is 0 Å². The molecule has 3 rings (SSSR count). The lowest BCUT2D eigenvalue weighted by Crippen LogP contribution is -2.55. The highest BCUT2D eigenvalue weighted by Gasteiger charge is 2.38. The lowest BCUT2D eigenvalue weighted by molar-refractivity contribution is 0.0231. The first-order valence-corrected chi connectivity index (χ1v) is 6.56. The van der Waals surface area contributed by atoms with E-state index in [1.165, 1.54) is 6.07 Å². The Balaban J connectivity index is 1.81. The van der Waals surface area contributed by atoms with Gasteiger partial charge in [-0.1, -0.05) is 26.0 Å². The predicted octanol–water partition coefficient (Wildman–Crippen LogP) is 2.70. The summed E-state index contributed by atoms with van der Waals surface area (Å²) in [6, 6.07) is 7.99. The Labute approximate surface area is 116 Å². The van der Waals surface area contributed by atoms with Crippen molar-refractivity contribution in [2.24, 2.45) is 5.41 Å². The quantitative estimate of drug-likeness (QED) is 0.914. The van der Waals surface area contributed by atoms with Gasteiger partial charge in [0, 0.05) is 18.7 Å². The number of halogens is 1. The van der Waals surface area contributed by atoms with Gasteiger partial charge in [-0.05, 0) is 23.6 Å². The zero-order chi connectivity index (χ0) is 14.3. The number of hydrogen-bond acceptors (Lipinski definition) is 2. The summed E-state index contributed by atoms with van der Waals surface area (Å²) in [7, 11) is 0. The van der Waals surface area contributed by atoms with E-state index in [4.69, 9.17) is 0 Å². The summed E-state index contributed by atoms with van der Waals surface area (Å²) in [5, 5.41) is 6.73. The number of hydrogen-bond donors (Lipinski definition) is 1. The molecule has 0 saturated carbocycles. The Kier molecular flexibility index (Phi) is 2.85. The van der Waals surface area contributed by atoms with Crippen LogP contribution in [0.15, 0.2) is 30.3 Å². The van der Waals surface area contributed by atoms with Crippen LogP contribution in [0.3, 0.4) is 0 Å². The van der Waals surface area contributed by atoms with E-state index in [2.05, 4.69) is 24.0 Å². The van der Waals surface area contributed by atoms with Crippen LogP contribution in [0.2, 0.25) is 0 Å². The van der Waals surface area contributed by atoms with Crippen molar-refractivity contribution < 1.29 is 9.18 Å². The molecule has 2 heterocycles. The number of aromatic nitrogens is 2. The van der Waals surface area contributed by atoms with E-state index in [-0.39, 0.29) is 17.1 Å². The van der Waals surface area contributed by atoms with Gasteiger partial charge in [0.2, 0.25) is 0 Å². The normalized spacial score (nSPS) is 16.9. The number of nitrogens with one attached hydrogen (secondary N) is 1. The molecule has 0 unspecified atom stereocenters. The summed E-state index contributed by atoms with van der Waals surface area (Å²) in [6.07, 6.45) is 0. The highest BCUT2D eigenvalue weighted by atomic mass is 19.1. The molecular formula is C15H16FN3O. The van der Waals surface area contributed by atoms with Crippen LogP contribution >= 0.6 is 0 Å². The summed E-state index contributed by atoms with van der Waals surface area (Å²) in [5.41, 5.74) is 1.43. The fourth-order valence-electron chi connectivity index (χ4n) is 2.54. The van der Waals surface area contributed by atoms with Crippen molar-refractivity contribution in [1.82, 2.24) is 15.1 Å². The molecule has 20 heavy (non-hydrogen) atoms. The third-order valence-corrected chi connectivity index (χ3v) is 3.48. The molecule has 1 fully saturated rings. The lowest BCUT2D eigenvalue weighted by atomic mass is 9.84. The second-order valence-corrected chi connectivity index (χ2v) is 5.97. The molecule has 1 amide bonds. The standard InChI is InChI=1S/C15H16FN3O/c1-15(2)8-19(9-15)14(20)13-7-12(17-18-13)10-5-3-4-6-11(10)16/h3-7H,8-9H2,1-2H3,(H,17,18). The Morgan fingerprint density at radius 3 is 2.70 bits per heavy atom. The Hall–Kier alpha value is -2.17. The van der Waals surface area contributed by atoms with Crippen molar-refractivity contribution in [3.8, 4) is 11.3 Å². The van der Waals surface area contributed by atoms with Crippen molar-refractivity contribution in [3.05, 3.63) is 41.8 Å². The number of H-pyrrole nitrogens is 1. The van der Waals surface area contributed by atoms with Gasteiger partial charge >= 0.3 is 0 Å². The summed E-state index contributed by atoms with van der Waals surface area (Å²) < 4.78 is 13.7. The van der Waals surface area contributed by atoms with Gasteiger partial charge in [0.05, 0.1) is 5.69 Å². The van der Waals surface area contributed by atoms with Crippen LogP contribution in [-0.2, 0) is 0 Å². The largest absolute Gasteiger partial charge is 0.336 e. The van der Waals surface area contributed by atoms with Crippen LogP contribution in [0.25, 0.3) is 11.3 Å². The van der Waals surface area contributed by atoms with Crippen molar-refractivity contribution in [1.29, 1.82) is 0 Å². The third-order valence-electron chi connectivity index (χ3n) is 3.48. The topological polar surface area (TPSA) is 49.0 Å². The van der Waals surface area contributed by atoms with E-state index in [0.29, 0.717) is 17.0 Å². The molecule has 1 N–H and O–H groups in total. The second-order valence-electron chi connectivity index (χ2n) is 5.97. The number of carbonyl (C=O) groups is 1. The van der Waals surface area contributed by atoms with Crippen LogP contribution in [0, 0.1) is 11.2 Å². The minimum Gasteiger partial charge on any atom is -0.336 e. The van der Waals surface area contributed by atoms with E-state index in [1.54, 1.807) is 29.2 Å². The summed E-state index contributed by atoms with van der Waals surface area (Å²) in [4.78, 5) is 14.0. The Bertz CT molecular complexity index is 655. The summed E-state index contributed by atoms with van der Waals surface area (Å²) in [5.74, 6) is -0.428. The molecule has 0 bridgehead atoms. The maximum Gasteiger partial charge on any atom is 0.271 e. The van der Waals surface area contributed by atoms with E-state index >= 15 is 0 Å². The van der Waals surface area contributed by atoms with E-state index in [9.17, 15) is 9.18 Å². The molecule has 5 heteroatoms. The minimum atomic E-state index is -0.344. The zero-order valence-electron chi connectivity index (χ0n) is 11.5. The Morgan fingerprint density at radius 1 is 1.35 bits per heavy atom. The van der Waals surface area contributed by atoms with Gasteiger partial charge in [0.15, 0.2) is 0 Å². The van der Waals surface area contributed by atoms with Crippen molar-refractivity contribution in [2.45, 2.75) is 13.8 Å². The summed E-state index contributed by atoms with van der Waals surface area (Å²) >= 11 is 0. The first kappa shape index (κ1) is 12.8. The molecule has 4 nitrogen and oxygen atoms in total. The van der Waals surface area contributed by atoms with Crippen LogP contribution in [0.4, 0.5) is 4.39 Å². The molecule has 1 aromatic carbocycles. The first-order chi connectivity index (χ1) is 9.46. The number of rotatable bonds is 2. The number of nitrogens with zero attached hydrogens (tertiary/aromatic N) is 2. The number of carbonyl (C=O) groups excluding carboxylic acids is 1. The van der Waals surface area contributed by atoms with Gasteiger partial charge in [0.1, 0.15) is 11.5 Å². The molecule has 1 aliphatic rings. The van der Waals surface area contributed by atoms with Gasteiger partial charge in [-0.3, -0.25) is 9.89 Å². The molecule has 104 valence electrons. The molecule has 0 atom stereocenters. The maximum absolute atomic E-state index is 13.7. The summed E-state index contributed by atoms with van der Waals surface area (Å²) in [6.45, 7) is 5.71. The SMILES string of the molecule is CC1(C)CN(C(=O)c2cc(-c3ccccc3F)n[nH]2)C1. The lowest BCUT2D eigenvalue weighted by Gasteiger charge is -2.45. The number of benzene rings is 1. The van der Waals surface area contributed by atoms with Gasteiger partial charge < -0.3 is 4.90 Å². The maximum atomic E-state index is 13.7. The number of amides is 1. The van der Waals surface area contributed by atoms with Crippen LogP contribution < -0.4 is 0 Å². The number of likely N-dealkylation sites (tertiary alicyclic amines) is 1. The van der Waals surface area contributed by atoms with Crippen LogP contribution in [0.1, 0.15) is 24.3 Å². The van der Waals surface area contributed by atoms with Crippen molar-refractivity contribution in [3.63, 3.8) is 0 Å². The van der Waals surface area contributed by atoms with E-state index in [0.717, 1.165) is 13.1 Å². The zero-order valence-corrected chi connectivity index (χ0v) is 11.5. The van der Waals surface area contributed by atoms with Crippen molar-refractivity contribution in [2.75, 3.05) is 13.1 Å². The highest BCUT2D eigenvalue weighted by Crippen LogP contribution is 2.30. The van der Waals surface area contributed by atoms with Gasteiger partial charge in [-0.25, -0.2) is 4.39 Å². The smallest absolute Gasteiger partial charge is 0.271 e. The average Bonchev–Trinajstić information content (AvgIpc) is 2.85. The van der Waals surface area contributed by atoms with Crippen LogP contribution in [-0.4, -0.2) is 34.1 Å². The number of aromatic amines is 1. The monoisotopic (exact) mass is 273 g/mol. The average molecular weight is 273 g/mol. The van der Waals surface area contributed by atoms with E-state index in [1.807, 2.05) is 0 Å². The molecule has 1 aromatic heterocycles. The molecule has 2 aromatic rings. The van der Waals surface area contributed by atoms with Crippen molar-refractivity contribution >= 4 is 5.91 Å². The molecule has 0 radical (unpaired) electrons. The minimum absolute atomic E-state index is 0.0839. The molecule has 1 saturated heterocycles. The Morgan fingerprint density at radius 2 is 2.05 bits per heavy atom. The first-order valence-electron chi connectivity index (χ1n) is 6.56. The van der Waals surface area contributed by atoms with Gasteiger partial charge in [0.25, 0.3) is 5.91 Å².